The van der Waals surface area contributed by atoms with E-state index < -0.39 is 0 Å². The molecule has 0 aliphatic heterocycles. The molecule has 1 heterocycles. The van der Waals surface area contributed by atoms with Crippen LogP contribution < -0.4 is 0 Å². The predicted octanol–water partition coefficient (Wildman–Crippen LogP) is 4.87. The Hall–Kier alpha value is -2.73. The van der Waals surface area contributed by atoms with Crippen LogP contribution in [-0.2, 0) is 9.53 Å². The van der Waals surface area contributed by atoms with Gasteiger partial charge in [0.2, 0.25) is 5.16 Å². The number of rotatable bonds is 6. The molecular formula is C22H23N3O2S. The summed E-state index contributed by atoms with van der Waals surface area (Å²) >= 11 is 1.23. The Morgan fingerprint density at radius 1 is 0.893 bits per heavy atom. The number of aryl methyl sites for hydroxylation is 2. The Morgan fingerprint density at radius 3 is 1.96 bits per heavy atom. The average molecular weight is 394 g/mol. The highest BCUT2D eigenvalue weighted by Gasteiger charge is 2.15. The Balaban J connectivity index is 1.95. The van der Waals surface area contributed by atoms with Crippen LogP contribution in [-0.4, -0.2) is 33.0 Å². The zero-order valence-electron chi connectivity index (χ0n) is 16.5. The van der Waals surface area contributed by atoms with E-state index in [1.807, 2.05) is 76.2 Å². The molecular weight excluding hydrogens is 370 g/mol. The summed E-state index contributed by atoms with van der Waals surface area (Å²) in [7, 11) is 0. The number of carbonyl (C=O) groups is 1. The summed E-state index contributed by atoms with van der Waals surface area (Å²) in [5.41, 5.74) is 5.74. The SMILES string of the molecule is Cc1ccc(-c2nnc(SCC(=O)OC(C)C)nc2-c2ccc(C)cc2)cc1. The van der Waals surface area contributed by atoms with Crippen LogP contribution in [0.2, 0.25) is 0 Å². The second kappa shape index (κ2) is 8.97. The lowest BCUT2D eigenvalue weighted by atomic mass is 10.0. The van der Waals surface area contributed by atoms with Crippen molar-refractivity contribution in [3.05, 3.63) is 59.7 Å². The normalized spacial score (nSPS) is 10.9. The minimum atomic E-state index is -0.289. The molecule has 0 saturated heterocycles. The first-order valence-corrected chi connectivity index (χ1v) is 10.1. The van der Waals surface area contributed by atoms with Gasteiger partial charge in [-0.2, -0.15) is 0 Å². The third-order valence-corrected chi connectivity index (χ3v) is 4.81. The van der Waals surface area contributed by atoms with Crippen molar-refractivity contribution < 1.29 is 9.53 Å². The summed E-state index contributed by atoms with van der Waals surface area (Å²) in [6, 6.07) is 16.3. The second-order valence-electron chi connectivity index (χ2n) is 6.85. The lowest BCUT2D eigenvalue weighted by molar-refractivity contribution is -0.144. The lowest BCUT2D eigenvalue weighted by Gasteiger charge is -2.10. The standard InChI is InChI=1S/C22H23N3O2S/c1-14(2)27-19(26)13-28-22-23-20(17-9-5-15(3)6-10-17)21(24-25-22)18-11-7-16(4)8-12-18/h5-12,14H,13H2,1-4H3. The smallest absolute Gasteiger partial charge is 0.316 e. The maximum Gasteiger partial charge on any atom is 0.316 e. The molecule has 0 saturated carbocycles. The van der Waals surface area contributed by atoms with Crippen LogP contribution >= 0.6 is 11.8 Å². The van der Waals surface area contributed by atoms with Crippen molar-refractivity contribution in [3.8, 4) is 22.5 Å². The van der Waals surface area contributed by atoms with Crippen LogP contribution in [0.4, 0.5) is 0 Å². The highest BCUT2D eigenvalue weighted by atomic mass is 32.2. The average Bonchev–Trinajstić information content (AvgIpc) is 2.67. The molecule has 0 bridgehead atoms. The molecule has 0 amide bonds. The molecule has 5 nitrogen and oxygen atoms in total. The fourth-order valence-electron chi connectivity index (χ4n) is 2.61. The summed E-state index contributed by atoms with van der Waals surface area (Å²) in [5, 5.41) is 9.11. The van der Waals surface area contributed by atoms with Crippen molar-refractivity contribution in [1.82, 2.24) is 15.2 Å². The summed E-state index contributed by atoms with van der Waals surface area (Å²) in [4.78, 5) is 16.5. The molecule has 0 atom stereocenters. The topological polar surface area (TPSA) is 65.0 Å². The van der Waals surface area contributed by atoms with Crippen molar-refractivity contribution in [1.29, 1.82) is 0 Å². The Morgan fingerprint density at radius 2 is 1.43 bits per heavy atom. The van der Waals surface area contributed by atoms with Crippen molar-refractivity contribution in [3.63, 3.8) is 0 Å². The maximum absolute atomic E-state index is 11.8. The number of benzene rings is 2. The van der Waals surface area contributed by atoms with Gasteiger partial charge in [-0.3, -0.25) is 4.79 Å². The quantitative estimate of drug-likeness (QED) is 0.440. The van der Waals surface area contributed by atoms with Crippen LogP contribution in [0.1, 0.15) is 25.0 Å². The van der Waals surface area contributed by atoms with Crippen molar-refractivity contribution in [2.45, 2.75) is 39.0 Å². The van der Waals surface area contributed by atoms with E-state index in [4.69, 9.17) is 9.72 Å². The van der Waals surface area contributed by atoms with Gasteiger partial charge in [0.25, 0.3) is 0 Å². The first-order valence-electron chi connectivity index (χ1n) is 9.13. The van der Waals surface area contributed by atoms with E-state index in [0.29, 0.717) is 5.16 Å². The van der Waals surface area contributed by atoms with E-state index in [1.165, 1.54) is 22.9 Å². The molecule has 0 aliphatic rings. The van der Waals surface area contributed by atoms with Gasteiger partial charge in [-0.25, -0.2) is 4.98 Å². The first-order chi connectivity index (χ1) is 13.4. The number of carbonyl (C=O) groups excluding carboxylic acids is 1. The predicted molar refractivity (Wildman–Crippen MR) is 112 cm³/mol. The van der Waals surface area contributed by atoms with Crippen LogP contribution in [0.3, 0.4) is 0 Å². The summed E-state index contributed by atoms with van der Waals surface area (Å²) in [6.07, 6.45) is -0.140. The highest BCUT2D eigenvalue weighted by molar-refractivity contribution is 7.99. The molecule has 2 aromatic carbocycles. The molecule has 144 valence electrons. The molecule has 3 rings (SSSR count). The first kappa shape index (κ1) is 20.0. The Kier molecular flexibility index (Phi) is 6.41. The highest BCUT2D eigenvalue weighted by Crippen LogP contribution is 2.30. The largest absolute Gasteiger partial charge is 0.462 e. The second-order valence-corrected chi connectivity index (χ2v) is 7.79. The Labute approximate surface area is 169 Å². The summed E-state index contributed by atoms with van der Waals surface area (Å²) in [5.74, 6) is -0.139. The van der Waals surface area contributed by atoms with Crippen LogP contribution in [0.5, 0.6) is 0 Å². The van der Waals surface area contributed by atoms with Gasteiger partial charge in [0.1, 0.15) is 11.4 Å². The van der Waals surface area contributed by atoms with E-state index in [0.717, 1.165) is 22.5 Å². The van der Waals surface area contributed by atoms with E-state index in [9.17, 15) is 4.79 Å². The van der Waals surface area contributed by atoms with Gasteiger partial charge < -0.3 is 4.74 Å². The van der Waals surface area contributed by atoms with Crippen LogP contribution in [0.25, 0.3) is 22.5 Å². The molecule has 6 heteroatoms. The summed E-state index contributed by atoms with van der Waals surface area (Å²) < 4.78 is 5.17. The fraction of sp³-hybridized carbons (Fsp3) is 0.273. The number of ether oxygens (including phenoxy) is 1. The zero-order chi connectivity index (χ0) is 20.1. The number of thioether (sulfide) groups is 1. The van der Waals surface area contributed by atoms with E-state index >= 15 is 0 Å². The number of nitrogens with zero attached hydrogens (tertiary/aromatic N) is 3. The Bertz CT molecular complexity index is 955. The van der Waals surface area contributed by atoms with Gasteiger partial charge in [0.15, 0.2) is 0 Å². The number of aromatic nitrogens is 3. The fourth-order valence-corrected chi connectivity index (χ4v) is 3.18. The van der Waals surface area contributed by atoms with Crippen LogP contribution in [0.15, 0.2) is 53.7 Å². The van der Waals surface area contributed by atoms with Crippen molar-refractivity contribution in [2.24, 2.45) is 0 Å². The van der Waals surface area contributed by atoms with E-state index in [-0.39, 0.29) is 17.8 Å². The summed E-state index contributed by atoms with van der Waals surface area (Å²) in [6.45, 7) is 7.74. The van der Waals surface area contributed by atoms with Crippen LogP contribution in [0, 0.1) is 13.8 Å². The number of hydrogen-bond donors (Lipinski definition) is 0. The van der Waals surface area contributed by atoms with E-state index in [2.05, 4.69) is 10.2 Å². The minimum Gasteiger partial charge on any atom is -0.462 e. The minimum absolute atomic E-state index is 0.140. The third-order valence-electron chi connectivity index (χ3n) is 4.00. The molecule has 0 radical (unpaired) electrons. The van der Waals surface area contributed by atoms with Gasteiger partial charge in [0, 0.05) is 11.1 Å². The molecule has 0 unspecified atom stereocenters. The molecule has 28 heavy (non-hydrogen) atoms. The number of esters is 1. The number of hydrogen-bond acceptors (Lipinski definition) is 6. The van der Waals surface area contributed by atoms with Crippen molar-refractivity contribution >= 4 is 17.7 Å². The maximum atomic E-state index is 11.8. The molecule has 3 aromatic rings. The molecule has 0 N–H and O–H groups in total. The molecule has 0 fully saturated rings. The third kappa shape index (κ3) is 5.16. The molecule has 0 aliphatic carbocycles. The van der Waals surface area contributed by atoms with Gasteiger partial charge in [0.05, 0.1) is 11.9 Å². The van der Waals surface area contributed by atoms with Gasteiger partial charge in [-0.1, -0.05) is 71.4 Å². The molecule has 1 aromatic heterocycles. The lowest BCUT2D eigenvalue weighted by Crippen LogP contribution is -2.13. The van der Waals surface area contributed by atoms with Crippen molar-refractivity contribution in [2.75, 3.05) is 5.75 Å². The molecule has 0 spiro atoms. The zero-order valence-corrected chi connectivity index (χ0v) is 17.3. The monoisotopic (exact) mass is 393 g/mol. The van der Waals surface area contributed by atoms with Gasteiger partial charge in [-0.05, 0) is 27.7 Å². The van der Waals surface area contributed by atoms with Gasteiger partial charge in [-0.15, -0.1) is 10.2 Å². The van der Waals surface area contributed by atoms with E-state index in [1.54, 1.807) is 0 Å². The van der Waals surface area contributed by atoms with Gasteiger partial charge >= 0.3 is 5.97 Å².